The van der Waals surface area contributed by atoms with Crippen molar-refractivity contribution in [2.24, 2.45) is 10.2 Å². The average molecular weight is 446 g/mol. The van der Waals surface area contributed by atoms with Crippen molar-refractivity contribution < 1.29 is 13.2 Å². The summed E-state index contributed by atoms with van der Waals surface area (Å²) >= 11 is 5.84. The summed E-state index contributed by atoms with van der Waals surface area (Å²) in [5.74, 6) is -0.597. The van der Waals surface area contributed by atoms with E-state index >= 15 is 0 Å². The Morgan fingerprint density at radius 2 is 1.93 bits per heavy atom. The van der Waals surface area contributed by atoms with Crippen LogP contribution in [-0.4, -0.2) is 30.3 Å². The number of hydrogen-bond acceptors (Lipinski definition) is 5. The number of carbonyl (C=O) groups is 1. The molecule has 1 amide bonds. The molecule has 3 N–H and O–H groups in total. The molecule has 0 spiro atoms. The number of halogens is 1. The van der Waals surface area contributed by atoms with Crippen molar-refractivity contribution in [3.63, 3.8) is 0 Å². The SMILES string of the molecule is Cc1nn(Cc2ccccc2)c(C)c1/C=N/NC(=O)c1ccc(Cl)c(S(N)(=O)=O)c1. The summed E-state index contributed by atoms with van der Waals surface area (Å²) in [5, 5.41) is 13.6. The van der Waals surface area contributed by atoms with Crippen LogP contribution in [0.2, 0.25) is 5.02 Å². The van der Waals surface area contributed by atoms with Gasteiger partial charge in [-0.15, -0.1) is 0 Å². The molecule has 0 radical (unpaired) electrons. The smallest absolute Gasteiger partial charge is 0.267 e. The number of carbonyl (C=O) groups excluding carboxylic acids is 1. The molecule has 0 fully saturated rings. The maximum Gasteiger partial charge on any atom is 0.271 e. The summed E-state index contributed by atoms with van der Waals surface area (Å²) in [6.45, 7) is 4.40. The van der Waals surface area contributed by atoms with Crippen LogP contribution in [0.4, 0.5) is 0 Å². The van der Waals surface area contributed by atoms with Crippen molar-refractivity contribution in [1.29, 1.82) is 0 Å². The number of sulfonamides is 1. The number of aryl methyl sites for hydroxylation is 1. The Bertz CT molecular complexity index is 1220. The van der Waals surface area contributed by atoms with Gasteiger partial charge in [0.05, 0.1) is 23.5 Å². The summed E-state index contributed by atoms with van der Waals surface area (Å²) in [5.41, 5.74) is 6.01. The van der Waals surface area contributed by atoms with Gasteiger partial charge in [0, 0.05) is 16.8 Å². The van der Waals surface area contributed by atoms with Crippen LogP contribution in [0.3, 0.4) is 0 Å². The highest BCUT2D eigenvalue weighted by atomic mass is 35.5. The molecule has 0 saturated carbocycles. The summed E-state index contributed by atoms with van der Waals surface area (Å²) < 4.78 is 25.0. The number of benzene rings is 2. The molecule has 0 aliphatic rings. The van der Waals surface area contributed by atoms with Crippen LogP contribution >= 0.6 is 11.6 Å². The highest BCUT2D eigenvalue weighted by Gasteiger charge is 2.16. The van der Waals surface area contributed by atoms with Gasteiger partial charge < -0.3 is 0 Å². The van der Waals surface area contributed by atoms with Gasteiger partial charge in [-0.3, -0.25) is 9.48 Å². The number of nitrogens with one attached hydrogen (secondary N) is 1. The summed E-state index contributed by atoms with van der Waals surface area (Å²) in [6, 6.07) is 13.7. The number of aromatic nitrogens is 2. The minimum Gasteiger partial charge on any atom is -0.267 e. The predicted molar refractivity (Wildman–Crippen MR) is 115 cm³/mol. The molecule has 0 saturated heterocycles. The van der Waals surface area contributed by atoms with Crippen molar-refractivity contribution in [2.75, 3.05) is 0 Å². The first-order chi connectivity index (χ1) is 14.2. The lowest BCUT2D eigenvalue weighted by Crippen LogP contribution is -2.19. The van der Waals surface area contributed by atoms with Crippen LogP contribution in [0.5, 0.6) is 0 Å². The van der Waals surface area contributed by atoms with Crippen molar-refractivity contribution in [1.82, 2.24) is 15.2 Å². The Balaban J connectivity index is 1.75. The zero-order valence-electron chi connectivity index (χ0n) is 16.3. The molecule has 0 atom stereocenters. The minimum absolute atomic E-state index is 0.0605. The van der Waals surface area contributed by atoms with E-state index in [1.54, 1.807) is 0 Å². The van der Waals surface area contributed by atoms with E-state index in [9.17, 15) is 13.2 Å². The standard InChI is InChI=1S/C20H20ClN5O3S/c1-13-17(14(2)26(25-13)12-15-6-4-3-5-7-15)11-23-24-20(27)16-8-9-18(21)19(10-16)30(22,28)29/h3-11H,12H2,1-2H3,(H,24,27)(H2,22,28,29)/b23-11+. The predicted octanol–water partition coefficient (Wildman–Crippen LogP) is 2.61. The lowest BCUT2D eigenvalue weighted by Gasteiger charge is -2.05. The molecule has 30 heavy (non-hydrogen) atoms. The Morgan fingerprint density at radius 1 is 1.23 bits per heavy atom. The Hall–Kier alpha value is -3.01. The van der Waals surface area contributed by atoms with Gasteiger partial charge >= 0.3 is 0 Å². The van der Waals surface area contributed by atoms with Crippen molar-refractivity contribution >= 4 is 33.7 Å². The average Bonchev–Trinajstić information content (AvgIpc) is 2.95. The zero-order valence-corrected chi connectivity index (χ0v) is 17.9. The lowest BCUT2D eigenvalue weighted by atomic mass is 10.2. The topological polar surface area (TPSA) is 119 Å². The first-order valence-electron chi connectivity index (χ1n) is 8.90. The third-order valence-corrected chi connectivity index (χ3v) is 5.86. The molecule has 10 heteroatoms. The number of primary sulfonamides is 1. The van der Waals surface area contributed by atoms with E-state index in [-0.39, 0.29) is 15.5 Å². The van der Waals surface area contributed by atoms with Crippen molar-refractivity contribution in [2.45, 2.75) is 25.3 Å². The maximum atomic E-state index is 12.3. The van der Waals surface area contributed by atoms with Gasteiger partial charge in [0.15, 0.2) is 0 Å². The maximum absolute atomic E-state index is 12.3. The van der Waals surface area contributed by atoms with Gasteiger partial charge in [0.1, 0.15) is 4.90 Å². The molecule has 3 aromatic rings. The molecule has 0 bridgehead atoms. The fourth-order valence-corrected chi connectivity index (χ4v) is 3.96. The summed E-state index contributed by atoms with van der Waals surface area (Å²) in [7, 11) is -4.05. The first-order valence-corrected chi connectivity index (χ1v) is 10.8. The lowest BCUT2D eigenvalue weighted by molar-refractivity contribution is 0.0955. The van der Waals surface area contributed by atoms with Crippen LogP contribution in [-0.2, 0) is 16.6 Å². The van der Waals surface area contributed by atoms with Gasteiger partial charge in [-0.05, 0) is 37.6 Å². The van der Waals surface area contributed by atoms with E-state index < -0.39 is 15.9 Å². The largest absolute Gasteiger partial charge is 0.271 e. The highest BCUT2D eigenvalue weighted by Crippen LogP contribution is 2.21. The second-order valence-corrected chi connectivity index (χ2v) is 8.55. The van der Waals surface area contributed by atoms with Crippen LogP contribution in [0.25, 0.3) is 0 Å². The van der Waals surface area contributed by atoms with Crippen molar-refractivity contribution in [3.8, 4) is 0 Å². The molecule has 2 aromatic carbocycles. The number of nitrogens with two attached hydrogens (primary N) is 1. The van der Waals surface area contributed by atoms with Crippen LogP contribution < -0.4 is 10.6 Å². The molecule has 8 nitrogen and oxygen atoms in total. The second kappa shape index (κ2) is 8.78. The van der Waals surface area contributed by atoms with E-state index in [1.807, 2.05) is 48.9 Å². The Kier molecular flexibility index (Phi) is 6.35. The monoisotopic (exact) mass is 445 g/mol. The Labute approximate surface area is 179 Å². The number of hydrogen-bond donors (Lipinski definition) is 2. The van der Waals surface area contributed by atoms with Gasteiger partial charge in [-0.2, -0.15) is 10.2 Å². The molecule has 1 heterocycles. The number of rotatable bonds is 6. The molecule has 0 unspecified atom stereocenters. The fraction of sp³-hybridized carbons (Fsp3) is 0.150. The van der Waals surface area contributed by atoms with Gasteiger partial charge in [-0.1, -0.05) is 41.9 Å². The highest BCUT2D eigenvalue weighted by molar-refractivity contribution is 7.89. The quantitative estimate of drug-likeness (QED) is 0.447. The van der Waals surface area contributed by atoms with Gasteiger partial charge in [-0.25, -0.2) is 19.0 Å². The number of nitrogens with zero attached hydrogens (tertiary/aromatic N) is 3. The van der Waals surface area contributed by atoms with E-state index in [1.165, 1.54) is 18.3 Å². The molecule has 0 aliphatic heterocycles. The van der Waals surface area contributed by atoms with E-state index in [2.05, 4.69) is 15.6 Å². The zero-order chi connectivity index (χ0) is 21.9. The molecular formula is C20H20ClN5O3S. The molecule has 156 valence electrons. The summed E-state index contributed by atoms with van der Waals surface area (Å²) in [4.78, 5) is 12.0. The van der Waals surface area contributed by atoms with Gasteiger partial charge in [0.25, 0.3) is 5.91 Å². The van der Waals surface area contributed by atoms with Crippen LogP contribution in [0.1, 0.15) is 32.9 Å². The number of hydrazone groups is 1. The Morgan fingerprint density at radius 3 is 2.60 bits per heavy atom. The van der Waals surface area contributed by atoms with Crippen LogP contribution in [0.15, 0.2) is 58.5 Å². The summed E-state index contributed by atoms with van der Waals surface area (Å²) in [6.07, 6.45) is 1.51. The minimum atomic E-state index is -4.05. The van der Waals surface area contributed by atoms with E-state index in [0.29, 0.717) is 6.54 Å². The third kappa shape index (κ3) is 4.93. The van der Waals surface area contributed by atoms with Crippen molar-refractivity contribution in [3.05, 3.63) is 81.6 Å². The van der Waals surface area contributed by atoms with Gasteiger partial charge in [0.2, 0.25) is 10.0 Å². The molecule has 0 aliphatic carbocycles. The number of amides is 1. The molecule has 3 rings (SSSR count). The first kappa shape index (κ1) is 21.7. The normalized spacial score (nSPS) is 11.7. The molecular weight excluding hydrogens is 426 g/mol. The van der Waals surface area contributed by atoms with Crippen LogP contribution in [0, 0.1) is 13.8 Å². The molecule has 1 aromatic heterocycles. The van der Waals surface area contributed by atoms with E-state index in [0.717, 1.165) is 28.6 Å². The second-order valence-electron chi connectivity index (χ2n) is 6.62. The third-order valence-electron chi connectivity index (χ3n) is 4.47. The van der Waals surface area contributed by atoms with E-state index in [4.69, 9.17) is 16.7 Å². The fourth-order valence-electron chi connectivity index (χ4n) is 2.89.